The van der Waals surface area contributed by atoms with Crippen molar-refractivity contribution in [1.82, 2.24) is 15.2 Å². The van der Waals surface area contributed by atoms with Crippen molar-refractivity contribution >= 4 is 0 Å². The fourth-order valence-electron chi connectivity index (χ4n) is 3.23. The molecule has 0 bridgehead atoms. The van der Waals surface area contributed by atoms with E-state index in [0.717, 1.165) is 36.6 Å². The molecular formula is C17H29N3O. The van der Waals surface area contributed by atoms with Gasteiger partial charge in [0, 0.05) is 36.5 Å². The number of likely N-dealkylation sites (N-methyl/N-ethyl adjacent to an activating group) is 1. The molecule has 0 aliphatic carbocycles. The smallest absolute Gasteiger partial charge is 0.128 e. The second kappa shape index (κ2) is 7.76. The van der Waals surface area contributed by atoms with Gasteiger partial charge in [0.2, 0.25) is 0 Å². The van der Waals surface area contributed by atoms with Crippen LogP contribution < -0.4 is 10.1 Å². The molecule has 1 fully saturated rings. The van der Waals surface area contributed by atoms with Crippen LogP contribution in [-0.4, -0.2) is 42.7 Å². The summed E-state index contributed by atoms with van der Waals surface area (Å²) in [6.45, 7) is 10.6. The van der Waals surface area contributed by atoms with Gasteiger partial charge in [0.15, 0.2) is 0 Å². The molecule has 21 heavy (non-hydrogen) atoms. The predicted molar refractivity (Wildman–Crippen MR) is 86.9 cm³/mol. The number of likely N-dealkylation sites (tertiary alicyclic amines) is 1. The first-order valence-corrected chi connectivity index (χ1v) is 8.11. The Morgan fingerprint density at radius 2 is 2.19 bits per heavy atom. The summed E-state index contributed by atoms with van der Waals surface area (Å²) in [6, 6.07) is 0.632. The Morgan fingerprint density at radius 3 is 2.90 bits per heavy atom. The Morgan fingerprint density at radius 1 is 1.38 bits per heavy atom. The highest BCUT2D eigenvalue weighted by Crippen LogP contribution is 2.26. The summed E-state index contributed by atoms with van der Waals surface area (Å²) in [5.74, 6) is 0.986. The number of ether oxygens (including phenoxy) is 1. The zero-order valence-electron chi connectivity index (χ0n) is 13.9. The number of aryl methyl sites for hydroxylation is 1. The Kier molecular flexibility index (Phi) is 6.00. The maximum absolute atomic E-state index is 5.53. The van der Waals surface area contributed by atoms with Crippen molar-refractivity contribution < 1.29 is 4.74 Å². The van der Waals surface area contributed by atoms with E-state index >= 15 is 0 Å². The molecule has 4 heteroatoms. The van der Waals surface area contributed by atoms with E-state index in [9.17, 15) is 0 Å². The minimum atomic E-state index is 0.632. The second-order valence-electron chi connectivity index (χ2n) is 5.97. The number of hydrogen-bond donors (Lipinski definition) is 1. The van der Waals surface area contributed by atoms with Crippen molar-refractivity contribution in [2.45, 2.75) is 52.6 Å². The molecule has 0 aromatic carbocycles. The van der Waals surface area contributed by atoms with E-state index < -0.39 is 0 Å². The fourth-order valence-corrected chi connectivity index (χ4v) is 3.23. The van der Waals surface area contributed by atoms with Crippen LogP contribution in [0.3, 0.4) is 0 Å². The summed E-state index contributed by atoms with van der Waals surface area (Å²) in [5, 5.41) is 3.49. The van der Waals surface area contributed by atoms with Gasteiger partial charge in [0.25, 0.3) is 0 Å². The second-order valence-corrected chi connectivity index (χ2v) is 5.97. The van der Waals surface area contributed by atoms with Crippen molar-refractivity contribution in [2.24, 2.45) is 0 Å². The first kappa shape index (κ1) is 16.2. The summed E-state index contributed by atoms with van der Waals surface area (Å²) in [4.78, 5) is 7.23. The van der Waals surface area contributed by atoms with Crippen LogP contribution in [0.5, 0.6) is 5.75 Å². The third-order valence-electron chi connectivity index (χ3n) is 4.48. The summed E-state index contributed by atoms with van der Waals surface area (Å²) < 4.78 is 5.53. The number of pyridine rings is 1. The van der Waals surface area contributed by atoms with E-state index in [4.69, 9.17) is 4.74 Å². The first-order valence-electron chi connectivity index (χ1n) is 8.11. The monoisotopic (exact) mass is 291 g/mol. The van der Waals surface area contributed by atoms with Gasteiger partial charge in [-0.2, -0.15) is 0 Å². The molecular weight excluding hydrogens is 262 g/mol. The highest BCUT2D eigenvalue weighted by molar-refractivity contribution is 5.41. The molecule has 1 saturated heterocycles. The van der Waals surface area contributed by atoms with Crippen molar-refractivity contribution in [1.29, 1.82) is 0 Å². The third-order valence-corrected chi connectivity index (χ3v) is 4.48. The number of nitrogens with one attached hydrogen (secondary N) is 1. The minimum absolute atomic E-state index is 0.632. The van der Waals surface area contributed by atoms with Crippen LogP contribution in [0.2, 0.25) is 0 Å². The van der Waals surface area contributed by atoms with Gasteiger partial charge in [-0.15, -0.1) is 0 Å². The van der Waals surface area contributed by atoms with Crippen LogP contribution >= 0.6 is 0 Å². The molecule has 1 aromatic rings. The lowest BCUT2D eigenvalue weighted by atomic mass is 10.0. The molecule has 0 saturated carbocycles. The fraction of sp³-hybridized carbons (Fsp3) is 0.706. The summed E-state index contributed by atoms with van der Waals surface area (Å²) in [6.07, 6.45) is 5.86. The van der Waals surface area contributed by atoms with E-state index in [1.165, 1.54) is 31.4 Å². The molecule has 4 nitrogen and oxygen atoms in total. The lowest BCUT2D eigenvalue weighted by Gasteiger charge is -2.36. The van der Waals surface area contributed by atoms with Crippen molar-refractivity contribution in [2.75, 3.05) is 26.7 Å². The molecule has 0 spiro atoms. The van der Waals surface area contributed by atoms with Crippen molar-refractivity contribution in [3.63, 3.8) is 0 Å². The van der Waals surface area contributed by atoms with Gasteiger partial charge in [0.05, 0.1) is 12.8 Å². The average Bonchev–Trinajstić information content (AvgIpc) is 2.50. The quantitative estimate of drug-likeness (QED) is 0.874. The molecule has 1 aliphatic rings. The standard InChI is InChI=1S/C17H29N3O/c1-5-18-11-15-8-6-7-9-20(15)12-16-14(3)17(21-4)13(2)10-19-16/h10,15,18H,5-9,11-12H2,1-4H3. The molecule has 2 heterocycles. The molecule has 0 radical (unpaired) electrons. The SMILES string of the molecule is CCNCC1CCCCN1Cc1ncc(C)c(OC)c1C. The van der Waals surface area contributed by atoms with Gasteiger partial charge in [-0.1, -0.05) is 13.3 Å². The van der Waals surface area contributed by atoms with E-state index in [1.807, 2.05) is 6.20 Å². The molecule has 1 atom stereocenters. The van der Waals surface area contributed by atoms with Crippen LogP contribution in [0.4, 0.5) is 0 Å². The lowest BCUT2D eigenvalue weighted by molar-refractivity contribution is 0.136. The van der Waals surface area contributed by atoms with E-state index in [2.05, 4.69) is 36.0 Å². The molecule has 1 aliphatic heterocycles. The Bertz CT molecular complexity index is 462. The number of aromatic nitrogens is 1. The zero-order valence-corrected chi connectivity index (χ0v) is 13.9. The number of hydrogen-bond acceptors (Lipinski definition) is 4. The Balaban J connectivity index is 2.11. The van der Waals surface area contributed by atoms with E-state index in [0.29, 0.717) is 6.04 Å². The number of rotatable bonds is 6. The zero-order chi connectivity index (χ0) is 15.2. The highest BCUT2D eigenvalue weighted by Gasteiger charge is 2.23. The summed E-state index contributed by atoms with van der Waals surface area (Å²) in [5.41, 5.74) is 3.45. The first-order chi connectivity index (χ1) is 10.2. The molecule has 0 amide bonds. The van der Waals surface area contributed by atoms with Crippen molar-refractivity contribution in [3.05, 3.63) is 23.0 Å². The third kappa shape index (κ3) is 3.95. The number of piperidine rings is 1. The number of nitrogens with zero attached hydrogens (tertiary/aromatic N) is 2. The van der Waals surface area contributed by atoms with Gasteiger partial charge in [-0.25, -0.2) is 0 Å². The molecule has 2 rings (SSSR count). The van der Waals surface area contributed by atoms with Crippen molar-refractivity contribution in [3.8, 4) is 5.75 Å². The van der Waals surface area contributed by atoms with Crippen LogP contribution in [-0.2, 0) is 6.54 Å². The Hall–Kier alpha value is -1.13. The van der Waals surface area contributed by atoms with E-state index in [-0.39, 0.29) is 0 Å². The van der Waals surface area contributed by atoms with Gasteiger partial charge in [0.1, 0.15) is 5.75 Å². The van der Waals surface area contributed by atoms with Crippen LogP contribution in [0.15, 0.2) is 6.20 Å². The van der Waals surface area contributed by atoms with Gasteiger partial charge >= 0.3 is 0 Å². The normalized spacial score (nSPS) is 19.7. The Labute approximate surface area is 128 Å². The van der Waals surface area contributed by atoms with Crippen LogP contribution in [0.1, 0.15) is 43.0 Å². The van der Waals surface area contributed by atoms with Crippen LogP contribution in [0.25, 0.3) is 0 Å². The van der Waals surface area contributed by atoms with Gasteiger partial charge in [-0.05, 0) is 39.8 Å². The predicted octanol–water partition coefficient (Wildman–Crippen LogP) is 2.67. The molecule has 1 aromatic heterocycles. The topological polar surface area (TPSA) is 37.4 Å². The van der Waals surface area contributed by atoms with Gasteiger partial charge < -0.3 is 10.1 Å². The van der Waals surface area contributed by atoms with Crippen LogP contribution in [0, 0.1) is 13.8 Å². The maximum Gasteiger partial charge on any atom is 0.128 e. The highest BCUT2D eigenvalue weighted by atomic mass is 16.5. The van der Waals surface area contributed by atoms with Gasteiger partial charge in [-0.3, -0.25) is 9.88 Å². The lowest BCUT2D eigenvalue weighted by Crippen LogP contribution is -2.45. The average molecular weight is 291 g/mol. The largest absolute Gasteiger partial charge is 0.496 e. The summed E-state index contributed by atoms with van der Waals surface area (Å²) in [7, 11) is 1.74. The maximum atomic E-state index is 5.53. The summed E-state index contributed by atoms with van der Waals surface area (Å²) >= 11 is 0. The minimum Gasteiger partial charge on any atom is -0.496 e. The molecule has 1 N–H and O–H groups in total. The molecule has 118 valence electrons. The molecule has 1 unspecified atom stereocenters. The van der Waals surface area contributed by atoms with E-state index in [1.54, 1.807) is 7.11 Å². The number of methoxy groups -OCH3 is 1.